The molecular formula is C30H29N3O5S2. The largest absolute Gasteiger partial charge is 0.543 e. The number of carbonyl (C=O) groups excluding carboxylic acids is 2. The predicted octanol–water partition coefficient (Wildman–Crippen LogP) is 2.96. The van der Waals surface area contributed by atoms with Crippen LogP contribution in [0.1, 0.15) is 29.9 Å². The molecule has 0 radical (unpaired) electrons. The van der Waals surface area contributed by atoms with Crippen LogP contribution in [0.25, 0.3) is 10.4 Å². The molecule has 0 aliphatic carbocycles. The molecule has 1 amide bonds. The molecule has 1 N–H and O–H groups in total. The number of carboxylic acids is 1. The van der Waals surface area contributed by atoms with Gasteiger partial charge < -0.3 is 24.6 Å². The maximum atomic E-state index is 12.7. The van der Waals surface area contributed by atoms with Crippen molar-refractivity contribution < 1.29 is 29.1 Å². The Morgan fingerprint density at radius 3 is 2.55 bits per heavy atom. The number of nitrogens with zero attached hydrogens (tertiary/aromatic N) is 3. The summed E-state index contributed by atoms with van der Waals surface area (Å²) in [5.74, 6) is -1.75. The third-order valence-electron chi connectivity index (χ3n) is 7.75. The summed E-state index contributed by atoms with van der Waals surface area (Å²) >= 11 is 3.13. The number of fused-ring (bicyclic) bond motifs is 2. The minimum atomic E-state index is -1.36. The first kappa shape index (κ1) is 26.6. The number of amides is 1. The van der Waals surface area contributed by atoms with Gasteiger partial charge in [0.05, 0.1) is 34.6 Å². The molecule has 10 heteroatoms. The van der Waals surface area contributed by atoms with E-state index in [1.165, 1.54) is 16.2 Å². The second kappa shape index (κ2) is 10.4. The number of thiazole rings is 1. The van der Waals surface area contributed by atoms with E-state index < -0.39 is 18.0 Å². The minimum absolute atomic E-state index is 0.0722. The zero-order chi connectivity index (χ0) is 28.1. The van der Waals surface area contributed by atoms with Crippen LogP contribution in [0.5, 0.6) is 5.75 Å². The average molecular weight is 576 g/mol. The Bertz CT molecular complexity index is 1620. The number of hydrogen-bond donors (Lipinski definition) is 1. The topological polar surface area (TPSA) is 98.2 Å². The number of carboxylic acid groups (broad SMARTS) is 1. The highest BCUT2D eigenvalue weighted by atomic mass is 32.2. The van der Waals surface area contributed by atoms with Gasteiger partial charge in [0.1, 0.15) is 25.1 Å². The number of aliphatic hydroxyl groups is 1. The fourth-order valence-electron chi connectivity index (χ4n) is 5.89. The zero-order valence-corrected chi connectivity index (χ0v) is 23.9. The van der Waals surface area contributed by atoms with E-state index in [4.69, 9.17) is 4.74 Å². The van der Waals surface area contributed by atoms with Gasteiger partial charge in [-0.1, -0.05) is 72.5 Å². The van der Waals surface area contributed by atoms with Gasteiger partial charge in [0.25, 0.3) is 6.33 Å². The fraction of sp³-hybridized carbons (Fsp3) is 0.300. The molecule has 0 spiro atoms. The number of hydrogen-bond acceptors (Lipinski definition) is 7. The van der Waals surface area contributed by atoms with Crippen LogP contribution in [-0.4, -0.2) is 44.7 Å². The van der Waals surface area contributed by atoms with Crippen molar-refractivity contribution in [3.05, 3.63) is 88.8 Å². The summed E-state index contributed by atoms with van der Waals surface area (Å²) in [6.07, 6.45) is 5.12. The van der Waals surface area contributed by atoms with Gasteiger partial charge in [0.15, 0.2) is 0 Å². The Hall–Kier alpha value is -3.60. The molecule has 4 atom stereocenters. The summed E-state index contributed by atoms with van der Waals surface area (Å²) in [6, 6.07) is 17.8. The average Bonchev–Trinajstić information content (AvgIpc) is 3.55. The Morgan fingerprint density at radius 2 is 1.90 bits per heavy atom. The van der Waals surface area contributed by atoms with Crippen molar-refractivity contribution in [2.45, 2.75) is 44.2 Å². The lowest BCUT2D eigenvalue weighted by atomic mass is 9.77. The van der Waals surface area contributed by atoms with Gasteiger partial charge in [-0.2, -0.15) is 4.40 Å². The number of aliphatic hydroxyl groups excluding tert-OH is 1. The van der Waals surface area contributed by atoms with Crippen LogP contribution in [0.2, 0.25) is 0 Å². The van der Waals surface area contributed by atoms with Crippen LogP contribution >= 0.6 is 23.1 Å². The van der Waals surface area contributed by atoms with Gasteiger partial charge in [-0.3, -0.25) is 4.79 Å². The molecule has 2 aromatic carbocycles. The number of aliphatic carboxylic acids is 1. The molecular weight excluding hydrogens is 546 g/mol. The first-order chi connectivity index (χ1) is 19.3. The van der Waals surface area contributed by atoms with E-state index in [9.17, 15) is 19.8 Å². The Labute approximate surface area is 240 Å². The molecule has 206 valence electrons. The second-order valence-corrected chi connectivity index (χ2v) is 12.1. The van der Waals surface area contributed by atoms with Crippen LogP contribution in [0, 0.1) is 11.8 Å². The van der Waals surface area contributed by atoms with E-state index in [0.29, 0.717) is 18.7 Å². The maximum absolute atomic E-state index is 12.7. The summed E-state index contributed by atoms with van der Waals surface area (Å²) in [4.78, 5) is 28.0. The zero-order valence-electron chi connectivity index (χ0n) is 22.3. The van der Waals surface area contributed by atoms with Gasteiger partial charge in [-0.15, -0.1) is 0 Å². The van der Waals surface area contributed by atoms with Crippen molar-refractivity contribution >= 4 is 45.4 Å². The van der Waals surface area contributed by atoms with Crippen molar-refractivity contribution in [1.29, 1.82) is 0 Å². The molecule has 1 fully saturated rings. The molecule has 40 heavy (non-hydrogen) atoms. The molecule has 2 aromatic heterocycles. The van der Waals surface area contributed by atoms with Gasteiger partial charge in [-0.05, 0) is 36.4 Å². The summed E-state index contributed by atoms with van der Waals surface area (Å²) in [5, 5.41) is 23.4. The molecule has 0 bridgehead atoms. The minimum Gasteiger partial charge on any atom is -0.543 e. The molecule has 2 aliphatic rings. The van der Waals surface area contributed by atoms with Crippen LogP contribution in [0.3, 0.4) is 0 Å². The third kappa shape index (κ3) is 4.40. The standard InChI is InChI=1S/C30H29N3O5S2/c1-17-23(26(30(36)37)33-25(17)24(18(2)34)27(33)35)22-14-32-16-31(28(39-3)29(32)40-22)13-19-9-11-21(12-10-19)38-15-20-7-5-4-6-8-20/h4-12,14,16-18,24-25,34H,13,15H2,1-3H3/t17-,18+,24+,25+/m0/s1. The first-order valence-corrected chi connectivity index (χ1v) is 15.1. The molecule has 0 unspecified atom stereocenters. The Morgan fingerprint density at radius 1 is 1.18 bits per heavy atom. The summed E-state index contributed by atoms with van der Waals surface area (Å²) in [5.41, 5.74) is 2.77. The Kier molecular flexibility index (Phi) is 6.93. The van der Waals surface area contributed by atoms with E-state index >= 15 is 0 Å². The van der Waals surface area contributed by atoms with Gasteiger partial charge >= 0.3 is 0 Å². The van der Waals surface area contributed by atoms with E-state index in [1.807, 2.05) is 72.6 Å². The van der Waals surface area contributed by atoms with Crippen molar-refractivity contribution in [2.24, 2.45) is 11.8 Å². The van der Waals surface area contributed by atoms with Crippen LogP contribution in [0.15, 0.2) is 77.8 Å². The second-order valence-electron chi connectivity index (χ2n) is 10.3. The number of thioether (sulfide) groups is 1. The lowest BCUT2D eigenvalue weighted by molar-refractivity contribution is -0.721. The third-order valence-corrected chi connectivity index (χ3v) is 9.84. The lowest BCUT2D eigenvalue weighted by Gasteiger charge is -2.47. The van der Waals surface area contributed by atoms with Crippen LogP contribution < -0.4 is 14.4 Å². The number of rotatable bonds is 9. The van der Waals surface area contributed by atoms with Gasteiger partial charge in [0.2, 0.25) is 15.8 Å². The molecule has 1 saturated heterocycles. The molecule has 4 aromatic rings. The summed E-state index contributed by atoms with van der Waals surface area (Å²) in [6.45, 7) is 4.68. The normalized spacial score (nSPS) is 21.1. The van der Waals surface area contributed by atoms with E-state index in [2.05, 4.69) is 16.7 Å². The highest BCUT2D eigenvalue weighted by molar-refractivity contribution is 7.98. The molecule has 6 rings (SSSR count). The van der Waals surface area contributed by atoms with Crippen molar-refractivity contribution in [2.75, 3.05) is 6.26 Å². The molecule has 8 nitrogen and oxygen atoms in total. The Balaban J connectivity index is 1.24. The van der Waals surface area contributed by atoms with Crippen molar-refractivity contribution in [3.63, 3.8) is 0 Å². The number of carbonyl (C=O) groups is 2. The van der Waals surface area contributed by atoms with E-state index in [1.54, 1.807) is 18.7 Å². The highest BCUT2D eigenvalue weighted by Gasteiger charge is 2.59. The maximum Gasteiger partial charge on any atom is 0.250 e. The SMILES string of the molecule is CSc1c2sc(C3=C(C(=O)[O-])N4C(=O)[C@H]([C@@H](C)O)[C@H]4[C@H]3C)cn2c[n+]1Cc1ccc(OCc2ccccc2)cc1. The summed E-state index contributed by atoms with van der Waals surface area (Å²) < 4.78 is 10.1. The van der Waals surface area contributed by atoms with E-state index in [0.717, 1.165) is 31.6 Å². The number of aromatic nitrogens is 2. The highest BCUT2D eigenvalue weighted by Crippen LogP contribution is 2.51. The number of benzene rings is 2. The van der Waals surface area contributed by atoms with Gasteiger partial charge in [-0.25, -0.2) is 4.57 Å². The number of ether oxygens (including phenoxy) is 1. The van der Waals surface area contributed by atoms with Crippen molar-refractivity contribution in [1.82, 2.24) is 9.30 Å². The predicted molar refractivity (Wildman–Crippen MR) is 150 cm³/mol. The fourth-order valence-corrected chi connectivity index (χ4v) is 8.07. The molecule has 4 heterocycles. The molecule has 2 aliphatic heterocycles. The summed E-state index contributed by atoms with van der Waals surface area (Å²) in [7, 11) is 0. The number of imidazole rings is 1. The quantitative estimate of drug-likeness (QED) is 0.187. The van der Waals surface area contributed by atoms with Gasteiger partial charge in [0, 0.05) is 11.5 Å². The first-order valence-electron chi connectivity index (χ1n) is 13.1. The van der Waals surface area contributed by atoms with E-state index in [-0.39, 0.29) is 23.6 Å². The van der Waals surface area contributed by atoms with Crippen LogP contribution in [0.4, 0.5) is 0 Å². The van der Waals surface area contributed by atoms with Crippen molar-refractivity contribution in [3.8, 4) is 5.75 Å². The lowest BCUT2D eigenvalue weighted by Crippen LogP contribution is -2.64. The smallest absolute Gasteiger partial charge is 0.250 e. The van der Waals surface area contributed by atoms with Crippen LogP contribution in [-0.2, 0) is 22.7 Å². The number of β-lactam (4-membered cyclic amide) rings is 1. The molecule has 0 saturated carbocycles. The monoisotopic (exact) mass is 575 g/mol.